The van der Waals surface area contributed by atoms with Crippen molar-refractivity contribution in [2.75, 3.05) is 0 Å². The molecule has 0 aliphatic heterocycles. The van der Waals surface area contributed by atoms with E-state index in [1.807, 2.05) is 0 Å². The van der Waals surface area contributed by atoms with Gasteiger partial charge in [-0.15, -0.1) is 0 Å². The monoisotopic (exact) mass is 302 g/mol. The molecule has 20 heavy (non-hydrogen) atoms. The molecule has 114 valence electrons. The standard InChI is InChI=1S/C14H22O5S/c1-2-3-4-5-6-7-8-11-9-12(15)14(16)13(10-11)20(17,18)19/h9-10,15-16H,2-8H2,1H3,(H,17,18,19). The molecule has 0 spiro atoms. The lowest BCUT2D eigenvalue weighted by atomic mass is 10.0. The number of hydrogen-bond donors (Lipinski definition) is 3. The highest BCUT2D eigenvalue weighted by Crippen LogP contribution is 2.34. The average molecular weight is 302 g/mol. The van der Waals surface area contributed by atoms with Crippen LogP contribution in [0.15, 0.2) is 17.0 Å². The lowest BCUT2D eigenvalue weighted by Gasteiger charge is -2.08. The zero-order chi connectivity index (χ0) is 15.2. The fraction of sp³-hybridized carbons (Fsp3) is 0.571. The molecule has 0 heterocycles. The molecule has 0 radical (unpaired) electrons. The third-order valence-electron chi connectivity index (χ3n) is 3.21. The van der Waals surface area contributed by atoms with Gasteiger partial charge in [-0.1, -0.05) is 39.0 Å². The summed E-state index contributed by atoms with van der Waals surface area (Å²) in [5.74, 6) is -1.33. The Balaban J connectivity index is 2.66. The molecule has 3 N–H and O–H groups in total. The van der Waals surface area contributed by atoms with Gasteiger partial charge in [0.1, 0.15) is 4.90 Å². The Labute approximate surface area is 120 Å². The summed E-state index contributed by atoms with van der Waals surface area (Å²) < 4.78 is 31.2. The maximum atomic E-state index is 11.1. The van der Waals surface area contributed by atoms with Crippen LogP contribution in [0, 0.1) is 0 Å². The van der Waals surface area contributed by atoms with Crippen LogP contribution in [0.2, 0.25) is 0 Å². The number of hydrogen-bond acceptors (Lipinski definition) is 4. The summed E-state index contributed by atoms with van der Waals surface area (Å²) in [6.45, 7) is 2.15. The third kappa shape index (κ3) is 5.02. The van der Waals surface area contributed by atoms with Crippen molar-refractivity contribution in [1.29, 1.82) is 0 Å². The van der Waals surface area contributed by atoms with Crippen LogP contribution in [0.1, 0.15) is 51.0 Å². The molecule has 0 bridgehead atoms. The van der Waals surface area contributed by atoms with Crippen molar-refractivity contribution in [3.63, 3.8) is 0 Å². The molecule has 5 nitrogen and oxygen atoms in total. The van der Waals surface area contributed by atoms with Crippen LogP contribution in [0.3, 0.4) is 0 Å². The van der Waals surface area contributed by atoms with E-state index < -0.39 is 26.5 Å². The van der Waals surface area contributed by atoms with Crippen molar-refractivity contribution in [3.8, 4) is 11.5 Å². The van der Waals surface area contributed by atoms with Crippen molar-refractivity contribution >= 4 is 10.1 Å². The van der Waals surface area contributed by atoms with Crippen molar-refractivity contribution < 1.29 is 23.2 Å². The van der Waals surface area contributed by atoms with E-state index >= 15 is 0 Å². The summed E-state index contributed by atoms with van der Waals surface area (Å²) in [6, 6.07) is 2.53. The summed E-state index contributed by atoms with van der Waals surface area (Å²) in [7, 11) is -4.53. The zero-order valence-electron chi connectivity index (χ0n) is 11.7. The highest BCUT2D eigenvalue weighted by Gasteiger charge is 2.19. The van der Waals surface area contributed by atoms with Gasteiger partial charge >= 0.3 is 0 Å². The van der Waals surface area contributed by atoms with Gasteiger partial charge in [0, 0.05) is 0 Å². The molecule has 0 aliphatic carbocycles. The Morgan fingerprint density at radius 3 is 2.20 bits per heavy atom. The highest BCUT2D eigenvalue weighted by molar-refractivity contribution is 7.86. The van der Waals surface area contributed by atoms with Crippen LogP contribution < -0.4 is 0 Å². The van der Waals surface area contributed by atoms with E-state index in [0.717, 1.165) is 19.3 Å². The van der Waals surface area contributed by atoms with Crippen molar-refractivity contribution in [3.05, 3.63) is 17.7 Å². The minimum absolute atomic E-state index is 0.527. The molecule has 1 aromatic carbocycles. The topological polar surface area (TPSA) is 94.8 Å². The van der Waals surface area contributed by atoms with E-state index in [1.165, 1.54) is 31.4 Å². The van der Waals surface area contributed by atoms with Gasteiger partial charge in [-0.3, -0.25) is 4.55 Å². The third-order valence-corrected chi connectivity index (χ3v) is 4.08. The Kier molecular flexibility index (Phi) is 6.29. The molecule has 0 aromatic heterocycles. The first-order valence-corrected chi connectivity index (χ1v) is 8.32. The van der Waals surface area contributed by atoms with Crippen LogP contribution in [-0.2, 0) is 16.5 Å². The second-order valence-corrected chi connectivity index (χ2v) is 6.34. The van der Waals surface area contributed by atoms with Crippen LogP contribution in [0.4, 0.5) is 0 Å². The number of aromatic hydroxyl groups is 2. The van der Waals surface area contributed by atoms with Gasteiger partial charge in [0.25, 0.3) is 10.1 Å². The smallest absolute Gasteiger partial charge is 0.298 e. The van der Waals surface area contributed by atoms with Crippen LogP contribution >= 0.6 is 0 Å². The predicted molar refractivity (Wildman–Crippen MR) is 76.7 cm³/mol. The first-order valence-electron chi connectivity index (χ1n) is 6.88. The van der Waals surface area contributed by atoms with Crippen LogP contribution in [-0.4, -0.2) is 23.2 Å². The Bertz CT molecular complexity index is 537. The Morgan fingerprint density at radius 1 is 1.00 bits per heavy atom. The number of unbranched alkanes of at least 4 members (excludes halogenated alkanes) is 5. The molecule has 0 atom stereocenters. The number of phenols is 2. The molecule has 0 saturated carbocycles. The molecule has 1 rings (SSSR count). The van der Waals surface area contributed by atoms with Crippen molar-refractivity contribution in [2.45, 2.75) is 56.8 Å². The van der Waals surface area contributed by atoms with Gasteiger partial charge in [0.2, 0.25) is 0 Å². The predicted octanol–water partition coefficient (Wildman–Crippen LogP) is 3.25. The minimum atomic E-state index is -4.53. The van der Waals surface area contributed by atoms with Crippen LogP contribution in [0.5, 0.6) is 11.5 Å². The molecular formula is C14H22O5S. The van der Waals surface area contributed by atoms with Crippen LogP contribution in [0.25, 0.3) is 0 Å². The van der Waals surface area contributed by atoms with E-state index in [2.05, 4.69) is 6.92 Å². The summed E-state index contributed by atoms with van der Waals surface area (Å²) >= 11 is 0. The van der Waals surface area contributed by atoms with Gasteiger partial charge in [0.05, 0.1) is 0 Å². The van der Waals surface area contributed by atoms with Crippen molar-refractivity contribution in [1.82, 2.24) is 0 Å². The zero-order valence-corrected chi connectivity index (χ0v) is 12.5. The first kappa shape index (κ1) is 16.8. The lowest BCUT2D eigenvalue weighted by Crippen LogP contribution is -2.00. The molecule has 0 aliphatic rings. The van der Waals surface area contributed by atoms with Gasteiger partial charge < -0.3 is 10.2 Å². The van der Waals surface area contributed by atoms with E-state index in [1.54, 1.807) is 0 Å². The molecule has 0 saturated heterocycles. The van der Waals surface area contributed by atoms with Gasteiger partial charge in [-0.2, -0.15) is 8.42 Å². The van der Waals surface area contributed by atoms with E-state index in [0.29, 0.717) is 12.0 Å². The summed E-state index contributed by atoms with van der Waals surface area (Å²) in [5, 5.41) is 18.9. The number of aryl methyl sites for hydroxylation is 1. The molecule has 6 heteroatoms. The second kappa shape index (κ2) is 7.50. The SMILES string of the molecule is CCCCCCCCc1cc(O)c(O)c(S(=O)(=O)O)c1. The largest absolute Gasteiger partial charge is 0.504 e. The van der Waals surface area contributed by atoms with E-state index in [-0.39, 0.29) is 0 Å². The fourth-order valence-electron chi connectivity index (χ4n) is 2.10. The normalized spacial score (nSPS) is 11.7. The Morgan fingerprint density at radius 2 is 1.60 bits per heavy atom. The molecule has 0 unspecified atom stereocenters. The number of rotatable bonds is 8. The summed E-state index contributed by atoms with van der Waals surface area (Å²) in [6.07, 6.45) is 7.22. The highest BCUT2D eigenvalue weighted by atomic mass is 32.2. The molecule has 0 amide bonds. The maximum Gasteiger partial charge on any atom is 0.298 e. The second-order valence-electron chi connectivity index (χ2n) is 4.95. The maximum absolute atomic E-state index is 11.1. The van der Waals surface area contributed by atoms with Crippen molar-refractivity contribution in [2.24, 2.45) is 0 Å². The first-order chi connectivity index (χ1) is 9.36. The number of benzene rings is 1. The Hall–Kier alpha value is -1.27. The van der Waals surface area contributed by atoms with E-state index in [9.17, 15) is 18.6 Å². The molecule has 0 fully saturated rings. The summed E-state index contributed by atoms with van der Waals surface area (Å²) in [5.41, 5.74) is 0.586. The molecule has 1 aromatic rings. The van der Waals surface area contributed by atoms with Gasteiger partial charge in [-0.05, 0) is 30.5 Å². The minimum Gasteiger partial charge on any atom is -0.504 e. The van der Waals surface area contributed by atoms with Gasteiger partial charge in [-0.25, -0.2) is 0 Å². The average Bonchev–Trinajstić information content (AvgIpc) is 2.36. The summed E-state index contributed by atoms with van der Waals surface area (Å²) in [4.78, 5) is -0.640. The number of phenolic OH excluding ortho intramolecular Hbond substituents is 2. The molecular weight excluding hydrogens is 280 g/mol. The van der Waals surface area contributed by atoms with E-state index in [4.69, 9.17) is 4.55 Å². The van der Waals surface area contributed by atoms with Gasteiger partial charge in [0.15, 0.2) is 11.5 Å². The quantitative estimate of drug-likeness (QED) is 0.389. The fourth-order valence-corrected chi connectivity index (χ4v) is 2.75. The lowest BCUT2D eigenvalue weighted by molar-refractivity contribution is 0.388.